The summed E-state index contributed by atoms with van der Waals surface area (Å²) in [6.07, 6.45) is 4.98. The second kappa shape index (κ2) is 4.94. The van der Waals surface area contributed by atoms with E-state index in [-0.39, 0.29) is 18.3 Å². The Hall–Kier alpha value is -1.92. The predicted octanol–water partition coefficient (Wildman–Crippen LogP) is 0.462. The fourth-order valence-electron chi connectivity index (χ4n) is 1.89. The second-order valence-electron chi connectivity index (χ2n) is 3.98. The molecule has 1 saturated carbocycles. The normalized spacial score (nSPS) is 16.0. The van der Waals surface area contributed by atoms with E-state index in [1.54, 1.807) is 0 Å². The van der Waals surface area contributed by atoms with Gasteiger partial charge in [-0.05, 0) is 25.7 Å². The minimum Gasteiger partial charge on any atom is -0.476 e. The van der Waals surface area contributed by atoms with Crippen LogP contribution in [0.2, 0.25) is 0 Å². The lowest BCUT2D eigenvalue weighted by Crippen LogP contribution is -2.22. The third kappa shape index (κ3) is 2.80. The first-order valence-electron chi connectivity index (χ1n) is 5.48. The summed E-state index contributed by atoms with van der Waals surface area (Å²) in [4.78, 5) is 22.3. The molecule has 92 valence electrons. The molecule has 1 heterocycles. The number of ether oxygens (including phenoxy) is 1. The average Bonchev–Trinajstić information content (AvgIpc) is 2.88. The largest absolute Gasteiger partial charge is 0.476 e. The van der Waals surface area contributed by atoms with Crippen molar-refractivity contribution >= 4 is 11.9 Å². The Morgan fingerprint density at radius 2 is 2.18 bits per heavy atom. The molecule has 1 aromatic rings. The highest BCUT2D eigenvalue weighted by molar-refractivity contribution is 5.85. The topological polar surface area (TPSA) is 94.3 Å². The summed E-state index contributed by atoms with van der Waals surface area (Å²) in [6.45, 7) is -0.210. The van der Waals surface area contributed by atoms with Crippen LogP contribution in [0.25, 0.3) is 0 Å². The smallest absolute Gasteiger partial charge is 0.355 e. The van der Waals surface area contributed by atoms with Gasteiger partial charge in [0, 0.05) is 0 Å². The van der Waals surface area contributed by atoms with Crippen LogP contribution < -0.4 is 0 Å². The number of carboxylic acids is 1. The zero-order chi connectivity index (χ0) is 12.3. The molecular weight excluding hydrogens is 226 g/mol. The molecule has 1 fully saturated rings. The van der Waals surface area contributed by atoms with E-state index in [2.05, 4.69) is 10.3 Å². The Kier molecular flexibility index (Phi) is 3.36. The molecule has 1 N–H and O–H groups in total. The molecule has 2 rings (SSSR count). The number of nitrogens with zero attached hydrogens (tertiary/aromatic N) is 3. The van der Waals surface area contributed by atoms with Crippen molar-refractivity contribution in [2.24, 2.45) is 0 Å². The molecule has 1 aromatic heterocycles. The lowest BCUT2D eigenvalue weighted by atomic mass is 10.3. The van der Waals surface area contributed by atoms with Crippen molar-refractivity contribution in [2.45, 2.75) is 38.3 Å². The number of aromatic carboxylic acids is 1. The van der Waals surface area contributed by atoms with Gasteiger partial charge in [-0.1, -0.05) is 5.21 Å². The number of carboxylic acid groups (broad SMARTS) is 1. The van der Waals surface area contributed by atoms with E-state index < -0.39 is 11.9 Å². The van der Waals surface area contributed by atoms with Crippen molar-refractivity contribution in [3.05, 3.63) is 11.9 Å². The molecule has 0 atom stereocenters. The van der Waals surface area contributed by atoms with Crippen molar-refractivity contribution in [3.63, 3.8) is 0 Å². The highest BCUT2D eigenvalue weighted by Gasteiger charge is 2.21. The van der Waals surface area contributed by atoms with E-state index in [0.717, 1.165) is 36.6 Å². The monoisotopic (exact) mass is 239 g/mol. The van der Waals surface area contributed by atoms with Gasteiger partial charge in [0.1, 0.15) is 12.6 Å². The maximum Gasteiger partial charge on any atom is 0.355 e. The van der Waals surface area contributed by atoms with Gasteiger partial charge in [0.25, 0.3) is 0 Å². The van der Waals surface area contributed by atoms with E-state index in [9.17, 15) is 9.59 Å². The van der Waals surface area contributed by atoms with E-state index in [0.29, 0.717) is 0 Å². The summed E-state index contributed by atoms with van der Waals surface area (Å²) >= 11 is 0. The fraction of sp³-hybridized carbons (Fsp3) is 0.600. The fourth-order valence-corrected chi connectivity index (χ4v) is 1.89. The number of carbonyl (C=O) groups is 2. The summed E-state index contributed by atoms with van der Waals surface area (Å²) in [6, 6.07) is 0. The lowest BCUT2D eigenvalue weighted by Gasteiger charge is -2.11. The molecule has 7 heteroatoms. The molecule has 0 spiro atoms. The predicted molar refractivity (Wildman–Crippen MR) is 55.3 cm³/mol. The molecule has 0 radical (unpaired) electrons. The van der Waals surface area contributed by atoms with Crippen LogP contribution in [0.15, 0.2) is 6.20 Å². The maximum absolute atomic E-state index is 11.5. The first kappa shape index (κ1) is 11.6. The van der Waals surface area contributed by atoms with Crippen LogP contribution in [-0.2, 0) is 16.1 Å². The summed E-state index contributed by atoms with van der Waals surface area (Å²) in [5.41, 5.74) is -0.117. The van der Waals surface area contributed by atoms with Gasteiger partial charge in [-0.15, -0.1) is 5.10 Å². The summed E-state index contributed by atoms with van der Waals surface area (Å²) in [5.74, 6) is -1.63. The van der Waals surface area contributed by atoms with Crippen molar-refractivity contribution < 1.29 is 19.4 Å². The number of hydrogen-bond donors (Lipinski definition) is 1. The van der Waals surface area contributed by atoms with E-state index in [1.807, 2.05) is 0 Å². The van der Waals surface area contributed by atoms with Crippen molar-refractivity contribution in [1.29, 1.82) is 0 Å². The number of hydrogen-bond acceptors (Lipinski definition) is 5. The minimum absolute atomic E-state index is 0.0284. The van der Waals surface area contributed by atoms with Crippen LogP contribution in [0.4, 0.5) is 0 Å². The average molecular weight is 239 g/mol. The van der Waals surface area contributed by atoms with Gasteiger partial charge in [0.15, 0.2) is 5.69 Å². The number of aromatic nitrogens is 3. The van der Waals surface area contributed by atoms with Gasteiger partial charge in [0.2, 0.25) is 0 Å². The first-order chi connectivity index (χ1) is 8.16. The zero-order valence-corrected chi connectivity index (χ0v) is 9.20. The van der Waals surface area contributed by atoms with E-state index in [4.69, 9.17) is 9.84 Å². The Morgan fingerprint density at radius 1 is 1.47 bits per heavy atom. The van der Waals surface area contributed by atoms with E-state index in [1.165, 1.54) is 0 Å². The summed E-state index contributed by atoms with van der Waals surface area (Å²) < 4.78 is 6.23. The van der Waals surface area contributed by atoms with Gasteiger partial charge < -0.3 is 9.84 Å². The lowest BCUT2D eigenvalue weighted by molar-refractivity contribution is -0.149. The Labute approximate surface area is 97.4 Å². The van der Waals surface area contributed by atoms with Crippen LogP contribution >= 0.6 is 0 Å². The Balaban J connectivity index is 1.93. The van der Waals surface area contributed by atoms with Crippen molar-refractivity contribution in [2.75, 3.05) is 0 Å². The molecular formula is C10H13N3O4. The van der Waals surface area contributed by atoms with Crippen molar-refractivity contribution in [1.82, 2.24) is 15.0 Å². The quantitative estimate of drug-likeness (QED) is 0.767. The minimum atomic E-state index is -1.16. The number of rotatable bonds is 4. The van der Waals surface area contributed by atoms with Gasteiger partial charge in [0.05, 0.1) is 6.20 Å². The summed E-state index contributed by atoms with van der Waals surface area (Å²) in [5, 5.41) is 15.8. The molecule has 0 amide bonds. The Morgan fingerprint density at radius 3 is 2.82 bits per heavy atom. The van der Waals surface area contributed by atoms with Crippen LogP contribution in [-0.4, -0.2) is 38.1 Å². The molecule has 0 unspecified atom stereocenters. The third-order valence-electron chi connectivity index (χ3n) is 2.72. The SMILES string of the molecule is O=C(Cn1nncc1C(=O)O)OC1CCCC1. The standard InChI is InChI=1S/C10H13N3O4/c14-9(17-7-3-1-2-4-7)6-13-8(10(15)16)5-11-12-13/h5,7H,1-4,6H2,(H,15,16). The van der Waals surface area contributed by atoms with Crippen molar-refractivity contribution in [3.8, 4) is 0 Å². The highest BCUT2D eigenvalue weighted by atomic mass is 16.5. The maximum atomic E-state index is 11.5. The second-order valence-corrected chi connectivity index (χ2v) is 3.98. The molecule has 7 nitrogen and oxygen atoms in total. The molecule has 0 aromatic carbocycles. The first-order valence-corrected chi connectivity index (χ1v) is 5.48. The number of esters is 1. The van der Waals surface area contributed by atoms with Gasteiger partial charge in [-0.25, -0.2) is 9.48 Å². The van der Waals surface area contributed by atoms with Crippen LogP contribution in [0.1, 0.15) is 36.2 Å². The van der Waals surface area contributed by atoms with Crippen LogP contribution in [0.3, 0.4) is 0 Å². The molecule has 0 bridgehead atoms. The van der Waals surface area contributed by atoms with Crippen LogP contribution in [0.5, 0.6) is 0 Å². The molecule has 0 saturated heterocycles. The number of carbonyl (C=O) groups excluding carboxylic acids is 1. The summed E-state index contributed by atoms with van der Waals surface area (Å²) in [7, 11) is 0. The molecule has 0 aliphatic heterocycles. The zero-order valence-electron chi connectivity index (χ0n) is 9.20. The molecule has 17 heavy (non-hydrogen) atoms. The third-order valence-corrected chi connectivity index (χ3v) is 2.72. The highest BCUT2D eigenvalue weighted by Crippen LogP contribution is 2.21. The van der Waals surface area contributed by atoms with E-state index >= 15 is 0 Å². The van der Waals surface area contributed by atoms with Gasteiger partial charge in [-0.3, -0.25) is 4.79 Å². The van der Waals surface area contributed by atoms with Gasteiger partial charge >= 0.3 is 11.9 Å². The molecule has 1 aliphatic rings. The Bertz CT molecular complexity index is 423. The van der Waals surface area contributed by atoms with Gasteiger partial charge in [-0.2, -0.15) is 0 Å². The van der Waals surface area contributed by atoms with Crippen LogP contribution in [0, 0.1) is 0 Å². The molecule has 1 aliphatic carbocycles.